The third-order valence-corrected chi connectivity index (χ3v) is 10.0. The molecule has 1 aliphatic heterocycles. The van der Waals surface area contributed by atoms with E-state index in [1.807, 2.05) is 85.1 Å². The Morgan fingerprint density at radius 2 is 1.28 bits per heavy atom. The van der Waals surface area contributed by atoms with E-state index in [0.717, 1.165) is 60.4 Å². The van der Waals surface area contributed by atoms with Crippen LogP contribution in [-0.4, -0.2) is 89.6 Å². The molecule has 1 fully saturated rings. The molecule has 2 heterocycles. The Hall–Kier alpha value is -7.24. The summed E-state index contributed by atoms with van der Waals surface area (Å²) in [7, 11) is 2.14. The molecule has 4 amide bonds. The number of alkyl carbamates (subject to hydrolysis) is 2. The molecule has 0 bridgehead atoms. The highest BCUT2D eigenvalue weighted by Gasteiger charge is 2.26. The lowest BCUT2D eigenvalue weighted by Gasteiger charge is -2.23. The van der Waals surface area contributed by atoms with E-state index >= 15 is 0 Å². The Morgan fingerprint density at radius 1 is 0.735 bits per heavy atom. The number of hydrogen-bond donors (Lipinski definition) is 5. The predicted octanol–water partition coefficient (Wildman–Crippen LogP) is 8.92. The van der Waals surface area contributed by atoms with Gasteiger partial charge in [-0.1, -0.05) is 90.7 Å². The van der Waals surface area contributed by atoms with Crippen LogP contribution >= 0.6 is 0 Å². The minimum absolute atomic E-state index is 0.00505. The van der Waals surface area contributed by atoms with E-state index < -0.39 is 29.4 Å². The quantitative estimate of drug-likeness (QED) is 0.0412. The number of amides is 4. The molecule has 1 aromatic heterocycles. The van der Waals surface area contributed by atoms with Crippen molar-refractivity contribution in [2.45, 2.75) is 96.9 Å². The van der Waals surface area contributed by atoms with E-state index in [1.165, 1.54) is 6.42 Å². The summed E-state index contributed by atoms with van der Waals surface area (Å²) < 4.78 is 10.2. The molecule has 4 aromatic carbocycles. The molecule has 1 aliphatic rings. The van der Waals surface area contributed by atoms with Crippen molar-refractivity contribution in [3.05, 3.63) is 150 Å². The number of hydrogen-bond acceptors (Lipinski definition) is 9. The monoisotopic (exact) mass is 926 g/mol. The summed E-state index contributed by atoms with van der Waals surface area (Å²) >= 11 is 0. The maximum Gasteiger partial charge on any atom is 0.408 e. The van der Waals surface area contributed by atoms with E-state index in [-0.39, 0.29) is 18.4 Å². The van der Waals surface area contributed by atoms with Crippen LogP contribution in [0, 0.1) is 11.8 Å². The highest BCUT2D eigenvalue weighted by Crippen LogP contribution is 2.30. The first kappa shape index (κ1) is 53.4. The highest BCUT2D eigenvalue weighted by atomic mass is 16.6. The van der Waals surface area contributed by atoms with Crippen molar-refractivity contribution < 1.29 is 33.4 Å². The zero-order valence-corrected chi connectivity index (χ0v) is 40.4. The molecule has 2 unspecified atom stereocenters. The lowest BCUT2D eigenvalue weighted by Crippen LogP contribution is -2.42. The molecule has 14 heteroatoms. The number of aromatic amines is 1. The summed E-state index contributed by atoms with van der Waals surface area (Å²) in [5.74, 6) is 6.96. The van der Waals surface area contributed by atoms with Crippen molar-refractivity contribution in [1.29, 1.82) is 0 Å². The van der Waals surface area contributed by atoms with Gasteiger partial charge in [0.1, 0.15) is 29.4 Å². The first-order valence-corrected chi connectivity index (χ1v) is 23.0. The smallest absolute Gasteiger partial charge is 0.408 e. The maximum atomic E-state index is 13.0. The van der Waals surface area contributed by atoms with Gasteiger partial charge < -0.3 is 40.5 Å². The van der Waals surface area contributed by atoms with E-state index in [0.29, 0.717) is 36.5 Å². The van der Waals surface area contributed by atoms with Gasteiger partial charge in [0.25, 0.3) is 5.91 Å². The number of aldehydes is 1. The molecule has 6 rings (SSSR count). The van der Waals surface area contributed by atoms with Crippen LogP contribution in [0.5, 0.6) is 0 Å². The van der Waals surface area contributed by atoms with Gasteiger partial charge >= 0.3 is 12.2 Å². The Labute approximate surface area is 401 Å². The average Bonchev–Trinajstić information content (AvgIpc) is 3.98. The number of likely N-dealkylation sites (tertiary alicyclic amines) is 1. The Balaban J connectivity index is 0.000000498. The third kappa shape index (κ3) is 20.1. The molecular formula is C54H67N7O7. The Kier molecular flexibility index (Phi) is 21.5. The highest BCUT2D eigenvalue weighted by molar-refractivity contribution is 5.94. The molecule has 0 saturated carbocycles. The summed E-state index contributed by atoms with van der Waals surface area (Å²) in [5.41, 5.74) is 3.87. The average molecular weight is 926 g/mol. The molecule has 0 radical (unpaired) electrons. The molecule has 0 spiro atoms. The van der Waals surface area contributed by atoms with Gasteiger partial charge in [0.15, 0.2) is 0 Å². The number of ether oxygens (including phenoxy) is 2. The number of aromatic nitrogens is 2. The van der Waals surface area contributed by atoms with E-state index in [4.69, 9.17) is 9.47 Å². The summed E-state index contributed by atoms with van der Waals surface area (Å²) in [6.45, 7) is 12.7. The van der Waals surface area contributed by atoms with Gasteiger partial charge in [-0.3, -0.25) is 14.5 Å². The molecule has 5 N–H and O–H groups in total. The van der Waals surface area contributed by atoms with Crippen LogP contribution in [0.2, 0.25) is 0 Å². The second kappa shape index (κ2) is 27.4. The summed E-state index contributed by atoms with van der Waals surface area (Å²) in [6, 6.07) is 35.9. The lowest BCUT2D eigenvalue weighted by atomic mass is 10.1. The van der Waals surface area contributed by atoms with Crippen LogP contribution in [0.25, 0.3) is 11.3 Å². The minimum Gasteiger partial charge on any atom is -0.444 e. The van der Waals surface area contributed by atoms with Gasteiger partial charge in [-0.15, -0.1) is 0 Å². The van der Waals surface area contributed by atoms with Crippen LogP contribution in [0.15, 0.2) is 121 Å². The van der Waals surface area contributed by atoms with Crippen molar-refractivity contribution in [2.75, 3.05) is 33.2 Å². The van der Waals surface area contributed by atoms with Crippen molar-refractivity contribution in [3.63, 3.8) is 0 Å². The number of unbranched alkanes of at least 4 members (excludes halogenated alkanes) is 2. The maximum absolute atomic E-state index is 13.0. The summed E-state index contributed by atoms with van der Waals surface area (Å²) in [4.78, 5) is 69.0. The predicted molar refractivity (Wildman–Crippen MR) is 266 cm³/mol. The van der Waals surface area contributed by atoms with Crippen LogP contribution < -0.4 is 21.3 Å². The number of carbonyl (C=O) groups is 5. The van der Waals surface area contributed by atoms with Gasteiger partial charge in [0.05, 0.1) is 24.5 Å². The molecular weight excluding hydrogens is 859 g/mol. The Bertz CT molecular complexity index is 2350. The molecule has 360 valence electrons. The molecule has 0 aliphatic carbocycles. The van der Waals surface area contributed by atoms with Crippen molar-refractivity contribution in [3.8, 4) is 23.1 Å². The van der Waals surface area contributed by atoms with E-state index in [9.17, 15) is 24.0 Å². The second-order valence-corrected chi connectivity index (χ2v) is 18.0. The van der Waals surface area contributed by atoms with Gasteiger partial charge in [-0.2, -0.15) is 0 Å². The standard InChI is InChI=1S/C41H48N6O4.C7H13NO3.C6H6/c1-41(2,3)51-40(50)46-36(32-12-7-5-8-13-32)39(49)43-26-10-6-9-25-42-38(48)33-23-19-30(20-24-33)16-15-29-17-21-31(22-18-29)34-28-44-37(45-34)35-14-11-27-47(35)4;1-7(2,3)11-6(10)8-4-5-9;1-2-4-6-5-3-1/h5,7-8,12-13,17-24,28,35-36H,6,9-11,14,25-27H2,1-4H3,(H,42,48)(H,43,49)(H,44,45)(H,46,50);5H,4H2,1-3H3,(H,8,10);1-6H. The van der Waals surface area contributed by atoms with Crippen LogP contribution in [0.3, 0.4) is 0 Å². The van der Waals surface area contributed by atoms with Crippen LogP contribution in [-0.2, 0) is 19.1 Å². The van der Waals surface area contributed by atoms with E-state index in [2.05, 4.69) is 67.2 Å². The molecule has 14 nitrogen and oxygen atoms in total. The van der Waals surface area contributed by atoms with Crippen molar-refractivity contribution in [2.24, 2.45) is 0 Å². The first-order chi connectivity index (χ1) is 32.5. The molecule has 5 aromatic rings. The zero-order chi connectivity index (χ0) is 49.4. The largest absolute Gasteiger partial charge is 0.444 e. The fraction of sp³-hybridized carbons (Fsp3) is 0.370. The van der Waals surface area contributed by atoms with Gasteiger partial charge in [0, 0.05) is 29.8 Å². The normalized spacial score (nSPS) is 13.6. The number of benzene rings is 4. The summed E-state index contributed by atoms with van der Waals surface area (Å²) in [6.07, 6.45) is 5.92. The van der Waals surface area contributed by atoms with Gasteiger partial charge in [-0.05, 0) is 135 Å². The second-order valence-electron chi connectivity index (χ2n) is 18.0. The van der Waals surface area contributed by atoms with Crippen LogP contribution in [0.4, 0.5) is 9.59 Å². The fourth-order valence-electron chi connectivity index (χ4n) is 6.73. The van der Waals surface area contributed by atoms with Crippen molar-refractivity contribution in [1.82, 2.24) is 36.1 Å². The Morgan fingerprint density at radius 3 is 1.82 bits per heavy atom. The zero-order valence-electron chi connectivity index (χ0n) is 40.4. The number of rotatable bonds is 14. The SMILES string of the molecule is CC(C)(C)OC(=O)NCC=O.CN1CCCC1c1ncc(-c2ccc(C#Cc3ccc(C(=O)NCCCCCNC(=O)C(NC(=O)OC(C)(C)C)c4ccccc4)cc3)cc2)[nH]1.c1ccccc1. The third-order valence-electron chi connectivity index (χ3n) is 10.0. The first-order valence-electron chi connectivity index (χ1n) is 23.0. The van der Waals surface area contributed by atoms with E-state index in [1.54, 1.807) is 65.8 Å². The lowest BCUT2D eigenvalue weighted by molar-refractivity contribution is -0.123. The number of imidazole rings is 1. The summed E-state index contributed by atoms with van der Waals surface area (Å²) in [5, 5.41) is 10.8. The number of H-pyrrole nitrogens is 1. The number of nitrogens with one attached hydrogen (secondary N) is 5. The molecule has 68 heavy (non-hydrogen) atoms. The van der Waals surface area contributed by atoms with Gasteiger partial charge in [-0.25, -0.2) is 14.6 Å². The molecule has 1 saturated heterocycles. The fourth-order valence-corrected chi connectivity index (χ4v) is 6.73. The van der Waals surface area contributed by atoms with Crippen molar-refractivity contribution >= 4 is 30.3 Å². The van der Waals surface area contributed by atoms with Gasteiger partial charge in [0.2, 0.25) is 5.91 Å². The van der Waals surface area contributed by atoms with Crippen LogP contribution in [0.1, 0.15) is 119 Å². The topological polar surface area (TPSA) is 184 Å². The molecule has 2 atom stereocenters. The minimum atomic E-state index is -0.866. The number of nitrogens with zero attached hydrogens (tertiary/aromatic N) is 2. The number of carbonyl (C=O) groups excluding carboxylic acids is 5.